The van der Waals surface area contributed by atoms with Crippen molar-refractivity contribution in [2.45, 2.75) is 291 Å². The first kappa shape index (κ1) is 56.1. The van der Waals surface area contributed by atoms with E-state index in [0.29, 0.717) is 0 Å². The van der Waals surface area contributed by atoms with E-state index in [1.54, 1.807) is 0 Å². The molecular formula is C54H105NO2. The van der Waals surface area contributed by atoms with Gasteiger partial charge in [0.25, 0.3) is 0 Å². The molecule has 0 saturated carbocycles. The van der Waals surface area contributed by atoms with Gasteiger partial charge in [0.2, 0.25) is 0 Å². The van der Waals surface area contributed by atoms with Gasteiger partial charge in [0, 0.05) is 0 Å². The van der Waals surface area contributed by atoms with Crippen LogP contribution in [-0.2, 0) is 0 Å². The summed E-state index contributed by atoms with van der Waals surface area (Å²) in [6.07, 6.45) is 50.2. The topological polar surface area (TPSA) is 43.7 Å². The summed E-state index contributed by atoms with van der Waals surface area (Å²) in [4.78, 5) is 2.83. The molecule has 0 aromatic heterocycles. The van der Waals surface area contributed by atoms with E-state index in [1.165, 1.54) is 249 Å². The zero-order chi connectivity index (χ0) is 41.7. The Hall–Kier alpha value is -0.900. The summed E-state index contributed by atoms with van der Waals surface area (Å²) >= 11 is 0. The van der Waals surface area contributed by atoms with Crippen molar-refractivity contribution < 1.29 is 10.2 Å². The van der Waals surface area contributed by atoms with Crippen LogP contribution < -0.4 is 0 Å². The number of benzene rings is 1. The van der Waals surface area contributed by atoms with Crippen LogP contribution in [0.4, 0.5) is 0 Å². The van der Waals surface area contributed by atoms with E-state index in [0.717, 1.165) is 25.7 Å². The quantitative estimate of drug-likeness (QED) is 0.0647. The van der Waals surface area contributed by atoms with Gasteiger partial charge < -0.3 is 15.1 Å². The summed E-state index contributed by atoms with van der Waals surface area (Å²) in [5, 5.41) is 20.3. The molecule has 0 heterocycles. The van der Waals surface area contributed by atoms with Gasteiger partial charge in [-0.1, -0.05) is 255 Å². The molecule has 2 unspecified atom stereocenters. The molecule has 2 atom stereocenters. The summed E-state index contributed by atoms with van der Waals surface area (Å²) in [6.45, 7) is 15.0. The number of unbranched alkanes of at least 4 members (excludes halogenated alkanes) is 29. The Balaban J connectivity index is 0.00000345. The fraction of sp³-hybridized carbons (Fsp3) is 0.889. The summed E-state index contributed by atoms with van der Waals surface area (Å²) in [7, 11) is 0. The molecule has 1 rings (SSSR count). The first-order valence-corrected chi connectivity index (χ1v) is 26.0. The van der Waals surface area contributed by atoms with Crippen LogP contribution in [0.5, 0.6) is 0 Å². The molecule has 2 N–H and O–H groups in total. The molecule has 0 aliphatic heterocycles. The largest absolute Gasteiger partial charge is 0.393 e. The SMILES string of the molecule is CCCCCCCCCCN(CCCCCCCCCCCC(O)CCCCCC)CCCCCCCCCCCC(O)CCCCCC.Cc1cccc(C)c1. The number of hydrogen-bond donors (Lipinski definition) is 2. The maximum Gasteiger partial charge on any atom is 0.0540 e. The van der Waals surface area contributed by atoms with E-state index in [9.17, 15) is 10.2 Å². The van der Waals surface area contributed by atoms with Crippen LogP contribution in [0.25, 0.3) is 0 Å². The van der Waals surface area contributed by atoms with Crippen molar-refractivity contribution in [2.24, 2.45) is 0 Å². The molecule has 57 heavy (non-hydrogen) atoms. The number of aliphatic hydroxyl groups is 2. The predicted molar refractivity (Wildman–Crippen MR) is 257 cm³/mol. The van der Waals surface area contributed by atoms with Gasteiger partial charge in [0.05, 0.1) is 12.2 Å². The Morgan fingerprint density at radius 1 is 0.351 bits per heavy atom. The first-order chi connectivity index (χ1) is 27.9. The highest BCUT2D eigenvalue weighted by Gasteiger charge is 2.07. The van der Waals surface area contributed by atoms with Gasteiger partial charge in [0.15, 0.2) is 0 Å². The molecule has 1 aromatic carbocycles. The molecule has 0 amide bonds. The third-order valence-corrected chi connectivity index (χ3v) is 12.3. The maximum absolute atomic E-state index is 10.2. The van der Waals surface area contributed by atoms with E-state index >= 15 is 0 Å². The molecule has 1 aromatic rings. The van der Waals surface area contributed by atoms with Gasteiger partial charge in [-0.25, -0.2) is 0 Å². The minimum atomic E-state index is -0.0473. The van der Waals surface area contributed by atoms with E-state index in [2.05, 4.69) is 63.8 Å². The van der Waals surface area contributed by atoms with Crippen molar-refractivity contribution in [3.63, 3.8) is 0 Å². The Morgan fingerprint density at radius 2 is 0.579 bits per heavy atom. The summed E-state index contributed by atoms with van der Waals surface area (Å²) in [6, 6.07) is 8.45. The lowest BCUT2D eigenvalue weighted by atomic mass is 10.0. The smallest absolute Gasteiger partial charge is 0.0540 e. The fourth-order valence-electron chi connectivity index (χ4n) is 8.42. The molecule has 0 radical (unpaired) electrons. The monoisotopic (exact) mass is 800 g/mol. The van der Waals surface area contributed by atoms with Crippen molar-refractivity contribution >= 4 is 0 Å². The van der Waals surface area contributed by atoms with Crippen molar-refractivity contribution in [3.05, 3.63) is 35.4 Å². The van der Waals surface area contributed by atoms with Crippen LogP contribution in [-0.4, -0.2) is 47.0 Å². The molecule has 0 fully saturated rings. The van der Waals surface area contributed by atoms with Crippen LogP contribution in [0.2, 0.25) is 0 Å². The van der Waals surface area contributed by atoms with E-state index in [4.69, 9.17) is 0 Å². The lowest BCUT2D eigenvalue weighted by molar-refractivity contribution is 0.147. The Bertz CT molecular complexity index is 831. The minimum Gasteiger partial charge on any atom is -0.393 e. The van der Waals surface area contributed by atoms with E-state index in [-0.39, 0.29) is 12.2 Å². The van der Waals surface area contributed by atoms with Crippen LogP contribution in [0.15, 0.2) is 24.3 Å². The molecule has 0 aliphatic rings. The van der Waals surface area contributed by atoms with Gasteiger partial charge in [-0.2, -0.15) is 0 Å². The van der Waals surface area contributed by atoms with Crippen LogP contribution in [0.3, 0.4) is 0 Å². The third kappa shape index (κ3) is 44.5. The van der Waals surface area contributed by atoms with Gasteiger partial charge in [0.1, 0.15) is 0 Å². The van der Waals surface area contributed by atoms with Crippen LogP contribution in [0, 0.1) is 13.8 Å². The minimum absolute atomic E-state index is 0.0473. The summed E-state index contributed by atoms with van der Waals surface area (Å²) < 4.78 is 0. The number of rotatable bonds is 43. The molecule has 3 nitrogen and oxygen atoms in total. The molecule has 338 valence electrons. The molecule has 0 saturated heterocycles. The van der Waals surface area contributed by atoms with Crippen LogP contribution >= 0.6 is 0 Å². The molecule has 0 bridgehead atoms. The average molecular weight is 800 g/mol. The maximum atomic E-state index is 10.2. The van der Waals surface area contributed by atoms with E-state index in [1.807, 2.05) is 0 Å². The van der Waals surface area contributed by atoms with Gasteiger partial charge in [-0.3, -0.25) is 0 Å². The molecule has 0 spiro atoms. The van der Waals surface area contributed by atoms with E-state index < -0.39 is 0 Å². The van der Waals surface area contributed by atoms with Crippen molar-refractivity contribution in [3.8, 4) is 0 Å². The van der Waals surface area contributed by atoms with Crippen molar-refractivity contribution in [1.82, 2.24) is 4.90 Å². The Labute approximate surface area is 359 Å². The zero-order valence-corrected chi connectivity index (χ0v) is 39.8. The first-order valence-electron chi connectivity index (χ1n) is 26.0. The highest BCUT2D eigenvalue weighted by Crippen LogP contribution is 2.17. The van der Waals surface area contributed by atoms with Gasteiger partial charge >= 0.3 is 0 Å². The zero-order valence-electron chi connectivity index (χ0n) is 39.8. The summed E-state index contributed by atoms with van der Waals surface area (Å²) in [5.41, 5.74) is 2.68. The highest BCUT2D eigenvalue weighted by atomic mass is 16.3. The molecule has 3 heteroatoms. The number of aliphatic hydroxyl groups excluding tert-OH is 2. The van der Waals surface area contributed by atoms with Crippen molar-refractivity contribution in [2.75, 3.05) is 19.6 Å². The lowest BCUT2D eigenvalue weighted by Gasteiger charge is -2.22. The lowest BCUT2D eigenvalue weighted by Crippen LogP contribution is -2.27. The van der Waals surface area contributed by atoms with Gasteiger partial charge in [-0.15, -0.1) is 0 Å². The third-order valence-electron chi connectivity index (χ3n) is 12.3. The second-order valence-electron chi connectivity index (χ2n) is 18.4. The summed E-state index contributed by atoms with van der Waals surface area (Å²) in [5.74, 6) is 0. The normalized spacial score (nSPS) is 12.6. The second-order valence-corrected chi connectivity index (χ2v) is 18.4. The van der Waals surface area contributed by atoms with Gasteiger partial charge in [-0.05, 0) is 78.4 Å². The average Bonchev–Trinajstić information content (AvgIpc) is 3.20. The number of aryl methyl sites for hydroxylation is 2. The molecular weight excluding hydrogens is 695 g/mol. The number of nitrogens with zero attached hydrogens (tertiary/aromatic N) is 1. The molecule has 0 aliphatic carbocycles. The second kappa shape index (κ2) is 46.2. The van der Waals surface area contributed by atoms with Crippen molar-refractivity contribution in [1.29, 1.82) is 0 Å². The Kier molecular flexibility index (Phi) is 45.4. The predicted octanol–water partition coefficient (Wildman–Crippen LogP) is 17.2. The number of hydrogen-bond acceptors (Lipinski definition) is 3. The fourth-order valence-corrected chi connectivity index (χ4v) is 8.42. The Morgan fingerprint density at radius 3 is 0.825 bits per heavy atom. The highest BCUT2D eigenvalue weighted by molar-refractivity contribution is 5.20. The van der Waals surface area contributed by atoms with Crippen LogP contribution in [0.1, 0.15) is 276 Å². The standard InChI is InChI=1S/C46H95NO2.C8H10/c1-4-7-10-13-14-23-28-35-42-47(43-36-29-24-19-15-17-21-26-33-40-45(48)38-31-11-8-5-2)44-37-30-25-20-16-18-22-27-34-41-46(49)39-32-12-9-6-3;1-7-4-3-5-8(2)6-7/h45-46,48-49H,4-44H2,1-3H3;3-6H,1-2H3.